The molecule has 2 N–H and O–H groups in total. The largest absolute Gasteiger partial charge is 0.464 e. The first kappa shape index (κ1) is 14.6. The lowest BCUT2D eigenvalue weighted by Gasteiger charge is -2.07. The summed E-state index contributed by atoms with van der Waals surface area (Å²) in [6, 6.07) is 8.72. The van der Waals surface area contributed by atoms with Crippen molar-refractivity contribution in [3.63, 3.8) is 0 Å². The third-order valence-corrected chi connectivity index (χ3v) is 4.36. The van der Waals surface area contributed by atoms with Crippen LogP contribution in [0, 0.1) is 13.8 Å². The number of hydrogen-bond donors (Lipinski definition) is 2. The molecule has 1 heterocycles. The summed E-state index contributed by atoms with van der Waals surface area (Å²) < 4.78 is 32.6. The summed E-state index contributed by atoms with van der Waals surface area (Å²) in [5, 5.41) is 2.92. The maximum absolute atomic E-state index is 12.3. The lowest BCUT2D eigenvalue weighted by molar-refractivity contribution is 0.466. The average molecular weight is 294 g/mol. The smallest absolute Gasteiger partial charge is 0.265 e. The maximum atomic E-state index is 12.3. The standard InChI is InChI=1S/C14H18N2O3S/c1-10-4-6-12(7-5-10)16-20(17,18)14-8-13(9-15-3)19-11(14)2/h4-8,15-16H,9H2,1-3H3. The molecule has 0 radical (unpaired) electrons. The summed E-state index contributed by atoms with van der Waals surface area (Å²) in [5.74, 6) is 0.976. The summed E-state index contributed by atoms with van der Waals surface area (Å²) in [5.41, 5.74) is 1.61. The number of nitrogens with one attached hydrogen (secondary N) is 2. The molecule has 0 fully saturated rings. The molecular weight excluding hydrogens is 276 g/mol. The monoisotopic (exact) mass is 294 g/mol. The quantitative estimate of drug-likeness (QED) is 0.888. The fraction of sp³-hybridized carbons (Fsp3) is 0.286. The zero-order valence-corrected chi connectivity index (χ0v) is 12.5. The van der Waals surface area contributed by atoms with Crippen LogP contribution in [0.4, 0.5) is 5.69 Å². The lowest BCUT2D eigenvalue weighted by atomic mass is 10.2. The predicted octanol–water partition coefficient (Wildman–Crippen LogP) is 2.42. The van der Waals surface area contributed by atoms with Gasteiger partial charge in [-0.1, -0.05) is 17.7 Å². The number of furan rings is 1. The van der Waals surface area contributed by atoms with Crippen molar-refractivity contribution < 1.29 is 12.8 Å². The van der Waals surface area contributed by atoms with Crippen molar-refractivity contribution in [2.24, 2.45) is 0 Å². The van der Waals surface area contributed by atoms with Crippen molar-refractivity contribution in [3.05, 3.63) is 47.4 Å². The second-order valence-electron chi connectivity index (χ2n) is 4.64. The van der Waals surface area contributed by atoms with E-state index in [1.54, 1.807) is 32.2 Å². The second kappa shape index (κ2) is 5.68. The molecule has 0 spiro atoms. The van der Waals surface area contributed by atoms with Crippen molar-refractivity contribution in [1.29, 1.82) is 0 Å². The van der Waals surface area contributed by atoms with E-state index in [0.717, 1.165) is 5.56 Å². The van der Waals surface area contributed by atoms with E-state index in [1.165, 1.54) is 0 Å². The molecule has 0 aliphatic carbocycles. The van der Waals surface area contributed by atoms with Crippen LogP contribution in [0.1, 0.15) is 17.1 Å². The summed E-state index contributed by atoms with van der Waals surface area (Å²) in [7, 11) is -1.85. The lowest BCUT2D eigenvalue weighted by Crippen LogP contribution is -2.13. The van der Waals surface area contributed by atoms with Gasteiger partial charge in [0.1, 0.15) is 16.4 Å². The molecule has 0 saturated carbocycles. The van der Waals surface area contributed by atoms with Gasteiger partial charge in [-0.25, -0.2) is 8.42 Å². The van der Waals surface area contributed by atoms with Crippen molar-refractivity contribution in [3.8, 4) is 0 Å². The number of hydrogen-bond acceptors (Lipinski definition) is 4. The van der Waals surface area contributed by atoms with Gasteiger partial charge in [0.25, 0.3) is 10.0 Å². The molecule has 5 nitrogen and oxygen atoms in total. The molecule has 20 heavy (non-hydrogen) atoms. The Hall–Kier alpha value is -1.79. The Morgan fingerprint density at radius 1 is 1.15 bits per heavy atom. The third-order valence-electron chi connectivity index (χ3n) is 2.87. The number of sulfonamides is 1. The minimum atomic E-state index is -3.63. The fourth-order valence-corrected chi connectivity index (χ4v) is 3.15. The van der Waals surface area contributed by atoms with Gasteiger partial charge in [-0.15, -0.1) is 0 Å². The highest BCUT2D eigenvalue weighted by Crippen LogP contribution is 2.23. The Balaban J connectivity index is 2.28. The van der Waals surface area contributed by atoms with E-state index < -0.39 is 10.0 Å². The second-order valence-corrected chi connectivity index (χ2v) is 6.29. The van der Waals surface area contributed by atoms with Crippen molar-refractivity contribution in [2.45, 2.75) is 25.3 Å². The molecule has 1 aromatic heterocycles. The van der Waals surface area contributed by atoms with Crippen LogP contribution in [0.3, 0.4) is 0 Å². The summed E-state index contributed by atoms with van der Waals surface area (Å²) in [6.45, 7) is 4.08. The Labute approximate surface area is 119 Å². The van der Waals surface area contributed by atoms with Gasteiger partial charge in [0.2, 0.25) is 0 Å². The van der Waals surface area contributed by atoms with Crippen molar-refractivity contribution in [1.82, 2.24) is 5.32 Å². The molecule has 0 aliphatic rings. The first-order chi connectivity index (χ1) is 9.42. The Kier molecular flexibility index (Phi) is 4.15. The fourth-order valence-electron chi connectivity index (χ4n) is 1.88. The van der Waals surface area contributed by atoms with Crippen LogP contribution < -0.4 is 10.0 Å². The van der Waals surface area contributed by atoms with Crippen LogP contribution in [0.5, 0.6) is 0 Å². The Morgan fingerprint density at radius 3 is 2.40 bits per heavy atom. The molecule has 2 rings (SSSR count). The van der Waals surface area contributed by atoms with Crippen LogP contribution in [-0.4, -0.2) is 15.5 Å². The van der Waals surface area contributed by atoms with Crippen molar-refractivity contribution >= 4 is 15.7 Å². The minimum Gasteiger partial charge on any atom is -0.464 e. The highest BCUT2D eigenvalue weighted by molar-refractivity contribution is 7.92. The summed E-state index contributed by atoms with van der Waals surface area (Å²) in [4.78, 5) is 0.170. The molecule has 108 valence electrons. The van der Waals surface area contributed by atoms with Gasteiger partial charge in [-0.05, 0) is 33.0 Å². The van der Waals surface area contributed by atoms with Gasteiger partial charge < -0.3 is 9.73 Å². The molecule has 6 heteroatoms. The van der Waals surface area contributed by atoms with Crippen LogP contribution in [0.15, 0.2) is 39.6 Å². The number of benzene rings is 1. The zero-order valence-electron chi connectivity index (χ0n) is 11.7. The molecule has 0 unspecified atom stereocenters. The van der Waals surface area contributed by atoms with Gasteiger partial charge in [0.05, 0.1) is 6.54 Å². The number of rotatable bonds is 5. The Morgan fingerprint density at radius 2 is 1.80 bits per heavy atom. The van der Waals surface area contributed by atoms with Crippen LogP contribution in [0.2, 0.25) is 0 Å². The van der Waals surface area contributed by atoms with Gasteiger partial charge in [-0.3, -0.25) is 4.72 Å². The first-order valence-corrected chi connectivity index (χ1v) is 7.74. The average Bonchev–Trinajstić information content (AvgIpc) is 2.74. The van der Waals surface area contributed by atoms with E-state index in [9.17, 15) is 8.42 Å². The van der Waals surface area contributed by atoms with Gasteiger partial charge in [0.15, 0.2) is 0 Å². The van der Waals surface area contributed by atoms with Gasteiger partial charge in [-0.2, -0.15) is 0 Å². The van der Waals surface area contributed by atoms with Gasteiger partial charge >= 0.3 is 0 Å². The molecular formula is C14H18N2O3S. The van der Waals surface area contributed by atoms with E-state index in [4.69, 9.17) is 4.42 Å². The minimum absolute atomic E-state index is 0.170. The third kappa shape index (κ3) is 3.20. The molecule has 0 aliphatic heterocycles. The molecule has 0 saturated heterocycles. The van der Waals surface area contributed by atoms with Crippen LogP contribution in [-0.2, 0) is 16.6 Å². The van der Waals surface area contributed by atoms with Crippen LogP contribution >= 0.6 is 0 Å². The molecule has 0 atom stereocenters. The predicted molar refractivity (Wildman–Crippen MR) is 78.2 cm³/mol. The zero-order chi connectivity index (χ0) is 14.8. The van der Waals surface area contributed by atoms with E-state index in [-0.39, 0.29) is 4.90 Å². The SMILES string of the molecule is CNCc1cc(S(=O)(=O)Nc2ccc(C)cc2)c(C)o1. The van der Waals surface area contributed by atoms with E-state index >= 15 is 0 Å². The molecule has 1 aromatic carbocycles. The highest BCUT2D eigenvalue weighted by atomic mass is 32.2. The normalized spacial score (nSPS) is 11.6. The topological polar surface area (TPSA) is 71.3 Å². The summed E-state index contributed by atoms with van der Waals surface area (Å²) in [6.07, 6.45) is 0. The molecule has 0 amide bonds. The first-order valence-electron chi connectivity index (χ1n) is 6.26. The van der Waals surface area contributed by atoms with E-state index in [0.29, 0.717) is 23.8 Å². The van der Waals surface area contributed by atoms with E-state index in [1.807, 2.05) is 19.1 Å². The Bertz CT molecular complexity index is 688. The number of aryl methyl sites for hydroxylation is 2. The number of anilines is 1. The van der Waals surface area contributed by atoms with Crippen LogP contribution in [0.25, 0.3) is 0 Å². The molecule has 0 bridgehead atoms. The van der Waals surface area contributed by atoms with E-state index in [2.05, 4.69) is 10.0 Å². The maximum Gasteiger partial charge on any atom is 0.265 e. The highest BCUT2D eigenvalue weighted by Gasteiger charge is 2.21. The van der Waals surface area contributed by atoms with Gasteiger partial charge in [0, 0.05) is 11.8 Å². The summed E-state index contributed by atoms with van der Waals surface area (Å²) >= 11 is 0. The molecule has 2 aromatic rings. The van der Waals surface area contributed by atoms with Crippen molar-refractivity contribution in [2.75, 3.05) is 11.8 Å².